The fourth-order valence-electron chi connectivity index (χ4n) is 0.300. The van der Waals surface area contributed by atoms with Gasteiger partial charge in [0.05, 0.1) is 6.61 Å². The SMILES string of the molecule is COCCN/C(S)=N\O. The number of thiol groups is 1. The lowest BCUT2D eigenvalue weighted by Gasteiger charge is -1.99. The Bertz CT molecular complexity index is 96.6. The molecule has 4 nitrogen and oxygen atoms in total. The van der Waals surface area contributed by atoms with Gasteiger partial charge in [-0.1, -0.05) is 5.16 Å². The van der Waals surface area contributed by atoms with E-state index in [4.69, 9.17) is 9.94 Å². The summed E-state index contributed by atoms with van der Waals surface area (Å²) >= 11 is 3.74. The molecule has 0 aromatic heterocycles. The second kappa shape index (κ2) is 5.71. The van der Waals surface area contributed by atoms with Crippen molar-refractivity contribution in [1.29, 1.82) is 0 Å². The minimum atomic E-state index is 0.201. The van der Waals surface area contributed by atoms with Crippen molar-refractivity contribution in [3.05, 3.63) is 0 Å². The number of methoxy groups -OCH3 is 1. The largest absolute Gasteiger partial charge is 0.409 e. The maximum absolute atomic E-state index is 8.04. The monoisotopic (exact) mass is 150 g/mol. The molecule has 0 saturated carbocycles. The van der Waals surface area contributed by atoms with Gasteiger partial charge in [-0.25, -0.2) is 0 Å². The summed E-state index contributed by atoms with van der Waals surface area (Å²) in [5, 5.41) is 13.7. The van der Waals surface area contributed by atoms with Gasteiger partial charge in [0.1, 0.15) is 0 Å². The topological polar surface area (TPSA) is 53.8 Å². The number of nitrogens with one attached hydrogen (secondary N) is 1. The Morgan fingerprint density at radius 1 is 1.89 bits per heavy atom. The molecule has 5 heteroatoms. The summed E-state index contributed by atoms with van der Waals surface area (Å²) in [5.74, 6) is 0. The van der Waals surface area contributed by atoms with E-state index in [2.05, 4.69) is 23.1 Å². The summed E-state index contributed by atoms with van der Waals surface area (Å²) in [6.45, 7) is 1.17. The Kier molecular flexibility index (Phi) is 5.45. The molecule has 0 aromatic carbocycles. The number of hydrogen-bond donors (Lipinski definition) is 3. The van der Waals surface area contributed by atoms with Crippen molar-refractivity contribution in [2.24, 2.45) is 5.16 Å². The van der Waals surface area contributed by atoms with E-state index in [1.54, 1.807) is 7.11 Å². The van der Waals surface area contributed by atoms with Crippen molar-refractivity contribution >= 4 is 17.8 Å². The van der Waals surface area contributed by atoms with Crippen LogP contribution in [0.15, 0.2) is 5.16 Å². The molecule has 0 aliphatic heterocycles. The van der Waals surface area contributed by atoms with E-state index in [0.717, 1.165) is 0 Å². The zero-order valence-corrected chi connectivity index (χ0v) is 6.06. The maximum atomic E-state index is 8.04. The quantitative estimate of drug-likeness (QED) is 0.131. The lowest BCUT2D eigenvalue weighted by molar-refractivity contribution is 0.203. The van der Waals surface area contributed by atoms with E-state index >= 15 is 0 Å². The lowest BCUT2D eigenvalue weighted by atomic mass is 10.7. The van der Waals surface area contributed by atoms with E-state index in [-0.39, 0.29) is 5.17 Å². The zero-order valence-electron chi connectivity index (χ0n) is 5.16. The normalized spacial score (nSPS) is 11.6. The molecule has 0 unspecified atom stereocenters. The van der Waals surface area contributed by atoms with E-state index in [0.29, 0.717) is 13.2 Å². The third-order valence-electron chi connectivity index (χ3n) is 0.684. The Morgan fingerprint density at radius 2 is 2.56 bits per heavy atom. The molecule has 0 aliphatic rings. The molecule has 0 heterocycles. The fraction of sp³-hybridized carbons (Fsp3) is 0.750. The first kappa shape index (κ1) is 8.58. The third-order valence-corrected chi connectivity index (χ3v) is 0.932. The van der Waals surface area contributed by atoms with E-state index in [9.17, 15) is 0 Å². The van der Waals surface area contributed by atoms with Gasteiger partial charge in [-0.05, 0) is 0 Å². The van der Waals surface area contributed by atoms with Crippen molar-refractivity contribution in [2.45, 2.75) is 0 Å². The Hall–Kier alpha value is -0.420. The van der Waals surface area contributed by atoms with Crippen LogP contribution in [0.25, 0.3) is 0 Å². The molecule has 0 saturated heterocycles. The molecule has 0 atom stereocenters. The summed E-state index contributed by atoms with van der Waals surface area (Å²) in [4.78, 5) is 0. The molecular weight excluding hydrogens is 140 g/mol. The van der Waals surface area contributed by atoms with Crippen molar-refractivity contribution in [3.8, 4) is 0 Å². The van der Waals surface area contributed by atoms with Gasteiger partial charge in [-0.2, -0.15) is 0 Å². The van der Waals surface area contributed by atoms with Gasteiger partial charge < -0.3 is 15.3 Å². The minimum absolute atomic E-state index is 0.201. The predicted octanol–water partition coefficient (Wildman–Crippen LogP) is -0.103. The second-order valence-corrected chi connectivity index (χ2v) is 1.77. The molecule has 0 spiro atoms. The highest BCUT2D eigenvalue weighted by atomic mass is 32.1. The summed E-state index contributed by atoms with van der Waals surface area (Å²) < 4.78 is 4.70. The van der Waals surface area contributed by atoms with Gasteiger partial charge in [0.25, 0.3) is 0 Å². The molecule has 2 N–H and O–H groups in total. The molecule has 0 fully saturated rings. The molecule has 0 amide bonds. The number of nitrogens with zero attached hydrogens (tertiary/aromatic N) is 1. The highest BCUT2D eigenvalue weighted by molar-refractivity contribution is 7.96. The van der Waals surface area contributed by atoms with Gasteiger partial charge >= 0.3 is 0 Å². The number of hydrogen-bond acceptors (Lipinski definition) is 3. The molecule has 0 radical (unpaired) electrons. The van der Waals surface area contributed by atoms with Crippen LogP contribution in [0.2, 0.25) is 0 Å². The first-order chi connectivity index (χ1) is 4.31. The highest BCUT2D eigenvalue weighted by Crippen LogP contribution is 1.75. The molecule has 0 aromatic rings. The number of rotatable bonds is 3. The van der Waals surface area contributed by atoms with Gasteiger partial charge in [0.15, 0.2) is 5.17 Å². The summed E-state index contributed by atoms with van der Waals surface area (Å²) in [7, 11) is 1.59. The zero-order chi connectivity index (χ0) is 7.11. The standard InChI is InChI=1S/C4H10N2O2S/c1-8-3-2-5-4(9)6-7/h7H,2-3H2,1H3,(H2,5,6,9). The average molecular weight is 150 g/mol. The van der Waals surface area contributed by atoms with Crippen LogP contribution in [0, 0.1) is 0 Å². The molecule has 0 aliphatic carbocycles. The van der Waals surface area contributed by atoms with Crippen LogP contribution in [0.4, 0.5) is 0 Å². The first-order valence-corrected chi connectivity index (χ1v) is 2.89. The first-order valence-electron chi connectivity index (χ1n) is 2.45. The van der Waals surface area contributed by atoms with E-state index < -0.39 is 0 Å². The Morgan fingerprint density at radius 3 is 3.00 bits per heavy atom. The minimum Gasteiger partial charge on any atom is -0.409 e. The number of amidine groups is 1. The fourth-order valence-corrected chi connectivity index (χ4v) is 0.412. The molecule has 0 bridgehead atoms. The van der Waals surface area contributed by atoms with Crippen LogP contribution in [0.1, 0.15) is 0 Å². The highest BCUT2D eigenvalue weighted by Gasteiger charge is 1.87. The predicted molar refractivity (Wildman–Crippen MR) is 38.1 cm³/mol. The third kappa shape index (κ3) is 5.45. The van der Waals surface area contributed by atoms with Gasteiger partial charge in [0.2, 0.25) is 0 Å². The molecule has 0 rings (SSSR count). The molecule has 9 heavy (non-hydrogen) atoms. The number of ether oxygens (including phenoxy) is 1. The van der Waals surface area contributed by atoms with Crippen LogP contribution in [0.5, 0.6) is 0 Å². The van der Waals surface area contributed by atoms with Gasteiger partial charge in [-0.3, -0.25) is 0 Å². The second-order valence-electron chi connectivity index (χ2n) is 1.34. The van der Waals surface area contributed by atoms with Crippen LogP contribution in [0.3, 0.4) is 0 Å². The average Bonchev–Trinajstić information content (AvgIpc) is 1.89. The van der Waals surface area contributed by atoms with E-state index in [1.807, 2.05) is 0 Å². The molecular formula is C4H10N2O2S. The van der Waals surface area contributed by atoms with Crippen molar-refractivity contribution < 1.29 is 9.94 Å². The van der Waals surface area contributed by atoms with Crippen LogP contribution >= 0.6 is 12.6 Å². The maximum Gasteiger partial charge on any atom is 0.196 e. The molecule has 54 valence electrons. The summed E-state index contributed by atoms with van der Waals surface area (Å²) in [6, 6.07) is 0. The van der Waals surface area contributed by atoms with Crippen molar-refractivity contribution in [2.75, 3.05) is 20.3 Å². The van der Waals surface area contributed by atoms with Crippen molar-refractivity contribution in [3.63, 3.8) is 0 Å². The van der Waals surface area contributed by atoms with Crippen molar-refractivity contribution in [1.82, 2.24) is 5.32 Å². The van der Waals surface area contributed by atoms with Gasteiger partial charge in [-0.15, -0.1) is 12.6 Å². The van der Waals surface area contributed by atoms with E-state index in [1.165, 1.54) is 0 Å². The Balaban J connectivity index is 3.07. The lowest BCUT2D eigenvalue weighted by Crippen LogP contribution is -2.22. The van der Waals surface area contributed by atoms with Gasteiger partial charge in [0, 0.05) is 13.7 Å². The Labute approximate surface area is 59.3 Å². The summed E-state index contributed by atoms with van der Waals surface area (Å²) in [5.41, 5.74) is 0. The summed E-state index contributed by atoms with van der Waals surface area (Å²) in [6.07, 6.45) is 0. The van der Waals surface area contributed by atoms with Crippen LogP contribution < -0.4 is 5.32 Å². The van der Waals surface area contributed by atoms with Crippen LogP contribution in [-0.2, 0) is 4.74 Å². The smallest absolute Gasteiger partial charge is 0.196 e. The van der Waals surface area contributed by atoms with Crippen LogP contribution in [-0.4, -0.2) is 30.6 Å². The number of oxime groups is 1.